The highest BCUT2D eigenvalue weighted by molar-refractivity contribution is 7.13. The highest BCUT2D eigenvalue weighted by atomic mass is 32.1. The molecule has 15 heteroatoms. The summed E-state index contributed by atoms with van der Waals surface area (Å²) in [5.41, 5.74) is 0.0602. The average Bonchev–Trinajstić information content (AvgIpc) is 3.46. The molecule has 224 valence electrons. The summed E-state index contributed by atoms with van der Waals surface area (Å²) in [5.74, 6) is -1.14. The molecule has 3 heterocycles. The maximum atomic E-state index is 13.3. The third-order valence-corrected chi connectivity index (χ3v) is 8.05. The second-order valence-corrected chi connectivity index (χ2v) is 10.6. The number of thiazole rings is 1. The van der Waals surface area contributed by atoms with Crippen molar-refractivity contribution >= 4 is 34.5 Å². The largest absolute Gasteiger partial charge is 0.573 e. The van der Waals surface area contributed by atoms with Gasteiger partial charge in [-0.05, 0) is 30.3 Å². The van der Waals surface area contributed by atoms with Crippen molar-refractivity contribution in [2.75, 3.05) is 55.6 Å². The number of carbonyl (C=O) groups is 2. The van der Waals surface area contributed by atoms with Crippen LogP contribution in [-0.4, -0.2) is 79.3 Å². The molecule has 2 saturated heterocycles. The smallest absolute Gasteiger partial charge is 0.405 e. The van der Waals surface area contributed by atoms with Crippen molar-refractivity contribution in [3.63, 3.8) is 0 Å². The van der Waals surface area contributed by atoms with Gasteiger partial charge in [0, 0.05) is 56.9 Å². The fourth-order valence-electron chi connectivity index (χ4n) is 5.00. The Kier molecular flexibility index (Phi) is 8.21. The van der Waals surface area contributed by atoms with Gasteiger partial charge in [0.1, 0.15) is 5.75 Å². The van der Waals surface area contributed by atoms with E-state index in [4.69, 9.17) is 4.98 Å². The lowest BCUT2D eigenvalue weighted by molar-refractivity contribution is -0.274. The van der Waals surface area contributed by atoms with Crippen molar-refractivity contribution in [1.82, 2.24) is 14.8 Å². The van der Waals surface area contributed by atoms with E-state index in [0.717, 1.165) is 18.2 Å². The molecule has 2 aliphatic rings. The molecule has 0 saturated carbocycles. The number of hydrogen-bond donors (Lipinski definition) is 0. The van der Waals surface area contributed by atoms with Crippen LogP contribution in [0.2, 0.25) is 0 Å². The Morgan fingerprint density at radius 1 is 0.929 bits per heavy atom. The van der Waals surface area contributed by atoms with E-state index in [1.165, 1.54) is 40.5 Å². The molecule has 0 radical (unpaired) electrons. The Balaban J connectivity index is 1.25. The topological polar surface area (TPSA) is 69.2 Å². The van der Waals surface area contributed by atoms with Gasteiger partial charge in [-0.15, -0.1) is 24.5 Å². The minimum Gasteiger partial charge on any atom is -0.405 e. The fourth-order valence-corrected chi connectivity index (χ4v) is 5.93. The summed E-state index contributed by atoms with van der Waals surface area (Å²) in [6.45, 7) is 2.14. The number of alkyl halides is 6. The van der Waals surface area contributed by atoms with Gasteiger partial charge in [0.2, 0.25) is 6.41 Å². The maximum absolute atomic E-state index is 13.3. The van der Waals surface area contributed by atoms with Gasteiger partial charge in [0.05, 0.1) is 22.9 Å². The summed E-state index contributed by atoms with van der Waals surface area (Å²) in [6.07, 6.45) is -8.70. The predicted octanol–water partition coefficient (Wildman–Crippen LogP) is 5.04. The lowest BCUT2D eigenvalue weighted by atomic mass is 10.1. The number of nitrogens with zero attached hydrogens (tertiary/aromatic N) is 5. The number of piperazine rings is 2. The standard InChI is InChI=1S/C27H25F6N5O3S/c28-26(29,30)18-4-3-5-19(14-18)37-12-13-38(17-39)22(15-37)21-16-42-25(34-21)36-10-8-35(9-11-36)24(40)20-6-1-2-7-23(20)41-27(31,32)33/h1-7,14,16-17,22H,8-13,15H2. The third kappa shape index (κ3) is 6.55. The van der Waals surface area contributed by atoms with Crippen LogP contribution in [-0.2, 0) is 11.0 Å². The highest BCUT2D eigenvalue weighted by Crippen LogP contribution is 2.35. The normalized spacial score (nSPS) is 18.3. The molecule has 0 spiro atoms. The maximum Gasteiger partial charge on any atom is 0.573 e. The number of halogens is 6. The highest BCUT2D eigenvalue weighted by Gasteiger charge is 2.35. The van der Waals surface area contributed by atoms with Gasteiger partial charge in [-0.2, -0.15) is 13.2 Å². The van der Waals surface area contributed by atoms with E-state index in [1.54, 1.807) is 21.2 Å². The van der Waals surface area contributed by atoms with Crippen molar-refractivity contribution in [3.8, 4) is 5.75 Å². The van der Waals surface area contributed by atoms with Gasteiger partial charge in [-0.3, -0.25) is 9.59 Å². The third-order valence-electron chi connectivity index (χ3n) is 7.13. The first-order valence-electron chi connectivity index (χ1n) is 12.9. The molecule has 42 heavy (non-hydrogen) atoms. The van der Waals surface area contributed by atoms with Gasteiger partial charge >= 0.3 is 12.5 Å². The van der Waals surface area contributed by atoms with Gasteiger partial charge in [-0.1, -0.05) is 18.2 Å². The molecule has 2 fully saturated rings. The quantitative estimate of drug-likeness (QED) is 0.287. The number of para-hydroxylation sites is 1. The Bertz CT molecular complexity index is 1420. The van der Waals surface area contributed by atoms with Crippen molar-refractivity contribution in [1.29, 1.82) is 0 Å². The van der Waals surface area contributed by atoms with Crippen LogP contribution in [0.4, 0.5) is 37.2 Å². The van der Waals surface area contributed by atoms with Gasteiger partial charge in [-0.25, -0.2) is 4.98 Å². The number of rotatable bonds is 6. The van der Waals surface area contributed by atoms with E-state index < -0.39 is 35.8 Å². The molecule has 2 amide bonds. The Morgan fingerprint density at radius 2 is 1.64 bits per heavy atom. The summed E-state index contributed by atoms with van der Waals surface area (Å²) in [7, 11) is 0. The van der Waals surface area contributed by atoms with E-state index >= 15 is 0 Å². The number of carbonyl (C=O) groups excluding carboxylic acids is 2. The number of hydrogen-bond acceptors (Lipinski definition) is 7. The first-order valence-corrected chi connectivity index (χ1v) is 13.8. The minimum absolute atomic E-state index is 0.184. The molecule has 1 atom stereocenters. The molecule has 0 bridgehead atoms. The molecule has 0 N–H and O–H groups in total. The zero-order chi connectivity index (χ0) is 30.1. The van der Waals surface area contributed by atoms with Crippen molar-refractivity contribution < 1.29 is 40.7 Å². The summed E-state index contributed by atoms with van der Waals surface area (Å²) in [4.78, 5) is 36.3. The fraction of sp³-hybridized carbons (Fsp3) is 0.370. The monoisotopic (exact) mass is 613 g/mol. The minimum atomic E-state index is -4.93. The number of benzene rings is 2. The summed E-state index contributed by atoms with van der Waals surface area (Å²) >= 11 is 1.34. The number of anilines is 2. The van der Waals surface area contributed by atoms with Crippen LogP contribution in [0.1, 0.15) is 27.7 Å². The lowest BCUT2D eigenvalue weighted by Gasteiger charge is -2.40. The summed E-state index contributed by atoms with van der Waals surface area (Å²) < 4.78 is 82.1. The van der Waals surface area contributed by atoms with Crippen molar-refractivity contribution in [3.05, 3.63) is 70.7 Å². The van der Waals surface area contributed by atoms with Crippen LogP contribution >= 0.6 is 11.3 Å². The SMILES string of the molecule is O=CN1CCN(c2cccc(C(F)(F)F)c2)CC1c1csc(N2CCN(C(=O)c3ccccc3OC(F)(F)F)CC2)n1. The van der Waals surface area contributed by atoms with Crippen LogP contribution in [0.5, 0.6) is 5.75 Å². The van der Waals surface area contributed by atoms with Gasteiger partial charge in [0.15, 0.2) is 5.13 Å². The number of ether oxygens (including phenoxy) is 1. The van der Waals surface area contributed by atoms with E-state index in [9.17, 15) is 35.9 Å². The predicted molar refractivity (Wildman–Crippen MR) is 143 cm³/mol. The van der Waals surface area contributed by atoms with E-state index in [2.05, 4.69) is 4.74 Å². The second kappa shape index (κ2) is 11.7. The van der Waals surface area contributed by atoms with Crippen LogP contribution in [0, 0.1) is 0 Å². The Labute approximate surface area is 240 Å². The number of aromatic nitrogens is 1. The number of amides is 2. The van der Waals surface area contributed by atoms with Gasteiger partial charge < -0.3 is 24.3 Å². The molecule has 2 aliphatic heterocycles. The van der Waals surface area contributed by atoms with Crippen LogP contribution in [0.3, 0.4) is 0 Å². The summed E-state index contributed by atoms with van der Waals surface area (Å²) in [6, 6.07) is 9.77. The van der Waals surface area contributed by atoms with Crippen LogP contribution in [0.25, 0.3) is 0 Å². The van der Waals surface area contributed by atoms with Crippen LogP contribution < -0.4 is 14.5 Å². The van der Waals surface area contributed by atoms with Crippen LogP contribution in [0.15, 0.2) is 53.9 Å². The first-order chi connectivity index (χ1) is 19.9. The molecular formula is C27H25F6N5O3S. The van der Waals surface area contributed by atoms with E-state index in [1.807, 2.05) is 4.90 Å². The van der Waals surface area contributed by atoms with E-state index in [-0.39, 0.29) is 25.2 Å². The molecule has 5 rings (SSSR count). The lowest BCUT2D eigenvalue weighted by Crippen LogP contribution is -2.49. The average molecular weight is 614 g/mol. The molecule has 1 aromatic heterocycles. The zero-order valence-corrected chi connectivity index (χ0v) is 22.8. The second-order valence-electron chi connectivity index (χ2n) is 9.73. The first kappa shape index (κ1) is 29.5. The molecule has 1 unspecified atom stereocenters. The molecule has 8 nitrogen and oxygen atoms in total. The zero-order valence-electron chi connectivity index (χ0n) is 21.9. The van der Waals surface area contributed by atoms with Crippen molar-refractivity contribution in [2.45, 2.75) is 18.6 Å². The molecule has 3 aromatic rings. The summed E-state index contributed by atoms with van der Waals surface area (Å²) in [5, 5.41) is 2.44. The molecule has 2 aromatic carbocycles. The van der Waals surface area contributed by atoms with Crippen molar-refractivity contribution in [2.24, 2.45) is 0 Å². The van der Waals surface area contributed by atoms with E-state index in [0.29, 0.717) is 49.1 Å². The van der Waals surface area contributed by atoms with Gasteiger partial charge in [0.25, 0.3) is 5.91 Å². The molecule has 0 aliphatic carbocycles. The molecular weight excluding hydrogens is 588 g/mol. The Morgan fingerprint density at radius 3 is 2.33 bits per heavy atom. The Hall–Kier alpha value is -4.01.